The Kier molecular flexibility index (Phi) is 5.39. The molecule has 1 heterocycles. The SMILES string of the molecule is CC(C)(C)OC(=O)NCc1cc(Oc2ccc3c(c2)OCC3)ccc1[N+](=O)[O-]. The van der Waals surface area contributed by atoms with Gasteiger partial charge in [0.25, 0.3) is 5.69 Å². The van der Waals surface area contributed by atoms with Crippen LogP contribution < -0.4 is 14.8 Å². The predicted octanol–water partition coefficient (Wildman–Crippen LogP) is 4.35. The normalized spacial score (nSPS) is 12.7. The maximum absolute atomic E-state index is 11.8. The van der Waals surface area contributed by atoms with Crippen LogP contribution in [0.3, 0.4) is 0 Å². The quantitative estimate of drug-likeness (QED) is 0.606. The molecule has 2 aromatic rings. The smallest absolute Gasteiger partial charge is 0.407 e. The van der Waals surface area contributed by atoms with E-state index in [0.29, 0.717) is 23.7 Å². The van der Waals surface area contributed by atoms with Crippen LogP contribution >= 0.6 is 0 Å². The summed E-state index contributed by atoms with van der Waals surface area (Å²) in [6, 6.07) is 9.96. The van der Waals surface area contributed by atoms with Crippen LogP contribution in [0.15, 0.2) is 36.4 Å². The molecule has 3 rings (SSSR count). The van der Waals surface area contributed by atoms with Gasteiger partial charge in [-0.1, -0.05) is 6.07 Å². The number of amides is 1. The Morgan fingerprint density at radius 2 is 1.93 bits per heavy atom. The van der Waals surface area contributed by atoms with Gasteiger partial charge in [0.05, 0.1) is 23.6 Å². The lowest BCUT2D eigenvalue weighted by Crippen LogP contribution is -2.32. The molecule has 0 unspecified atom stereocenters. The molecule has 0 saturated heterocycles. The number of hydrogen-bond acceptors (Lipinski definition) is 6. The van der Waals surface area contributed by atoms with Crippen LogP contribution in [0, 0.1) is 10.1 Å². The predicted molar refractivity (Wildman–Crippen MR) is 102 cm³/mol. The Morgan fingerprint density at radius 1 is 1.21 bits per heavy atom. The zero-order valence-corrected chi connectivity index (χ0v) is 16.0. The van der Waals surface area contributed by atoms with Crippen LogP contribution in [0.4, 0.5) is 10.5 Å². The van der Waals surface area contributed by atoms with Crippen molar-refractivity contribution in [2.75, 3.05) is 6.61 Å². The number of nitro groups is 1. The Hall–Kier alpha value is -3.29. The monoisotopic (exact) mass is 386 g/mol. The van der Waals surface area contributed by atoms with Gasteiger partial charge in [0.15, 0.2) is 0 Å². The molecule has 1 amide bonds. The third kappa shape index (κ3) is 4.91. The number of nitro benzene ring substituents is 1. The highest BCUT2D eigenvalue weighted by molar-refractivity contribution is 5.68. The van der Waals surface area contributed by atoms with Crippen LogP contribution in [-0.2, 0) is 17.7 Å². The van der Waals surface area contributed by atoms with Gasteiger partial charge < -0.3 is 19.5 Å². The number of nitrogens with one attached hydrogen (secondary N) is 1. The molecule has 0 atom stereocenters. The third-order valence-corrected chi connectivity index (χ3v) is 3.97. The van der Waals surface area contributed by atoms with Gasteiger partial charge in [-0.2, -0.15) is 0 Å². The Morgan fingerprint density at radius 3 is 2.64 bits per heavy atom. The molecule has 8 heteroatoms. The highest BCUT2D eigenvalue weighted by Gasteiger charge is 2.19. The second-order valence-corrected chi connectivity index (χ2v) is 7.37. The average molecular weight is 386 g/mol. The number of rotatable bonds is 5. The zero-order valence-electron chi connectivity index (χ0n) is 16.0. The minimum atomic E-state index is -0.656. The molecule has 8 nitrogen and oxygen atoms in total. The minimum Gasteiger partial charge on any atom is -0.493 e. The summed E-state index contributed by atoms with van der Waals surface area (Å²) in [5.74, 6) is 1.77. The Balaban J connectivity index is 1.75. The van der Waals surface area contributed by atoms with Gasteiger partial charge in [-0.15, -0.1) is 0 Å². The maximum Gasteiger partial charge on any atom is 0.407 e. The highest BCUT2D eigenvalue weighted by Crippen LogP contribution is 2.33. The Bertz CT molecular complexity index is 904. The van der Waals surface area contributed by atoms with Crippen molar-refractivity contribution in [3.63, 3.8) is 0 Å². The molecule has 0 aliphatic carbocycles. The molecule has 0 fully saturated rings. The van der Waals surface area contributed by atoms with Gasteiger partial charge in [0.1, 0.15) is 22.8 Å². The van der Waals surface area contributed by atoms with E-state index >= 15 is 0 Å². The summed E-state index contributed by atoms with van der Waals surface area (Å²) in [5.41, 5.74) is 0.668. The van der Waals surface area contributed by atoms with Gasteiger partial charge in [-0.05, 0) is 44.5 Å². The van der Waals surface area contributed by atoms with Crippen LogP contribution in [0.25, 0.3) is 0 Å². The van der Waals surface area contributed by atoms with Crippen molar-refractivity contribution < 1.29 is 23.9 Å². The first-order valence-electron chi connectivity index (χ1n) is 8.89. The molecule has 28 heavy (non-hydrogen) atoms. The van der Waals surface area contributed by atoms with E-state index in [1.165, 1.54) is 18.2 Å². The summed E-state index contributed by atoms with van der Waals surface area (Å²) in [6.07, 6.45) is 0.220. The minimum absolute atomic E-state index is 0.0598. The summed E-state index contributed by atoms with van der Waals surface area (Å²) < 4.78 is 16.5. The summed E-state index contributed by atoms with van der Waals surface area (Å²) in [7, 11) is 0. The number of carbonyl (C=O) groups is 1. The van der Waals surface area contributed by atoms with E-state index in [1.54, 1.807) is 26.8 Å². The van der Waals surface area contributed by atoms with E-state index in [4.69, 9.17) is 14.2 Å². The van der Waals surface area contributed by atoms with Crippen LogP contribution in [0.5, 0.6) is 17.2 Å². The fourth-order valence-corrected chi connectivity index (χ4v) is 2.77. The first kappa shape index (κ1) is 19.5. The van der Waals surface area contributed by atoms with Crippen molar-refractivity contribution in [3.05, 3.63) is 57.6 Å². The van der Waals surface area contributed by atoms with Gasteiger partial charge >= 0.3 is 6.09 Å². The largest absolute Gasteiger partial charge is 0.493 e. The first-order valence-corrected chi connectivity index (χ1v) is 8.89. The summed E-state index contributed by atoms with van der Waals surface area (Å²) in [6.45, 7) is 5.81. The second-order valence-electron chi connectivity index (χ2n) is 7.37. The van der Waals surface area contributed by atoms with Crippen LogP contribution in [-0.4, -0.2) is 23.2 Å². The van der Waals surface area contributed by atoms with Crippen molar-refractivity contribution >= 4 is 11.8 Å². The molecule has 0 saturated carbocycles. The van der Waals surface area contributed by atoms with Crippen LogP contribution in [0.1, 0.15) is 31.9 Å². The molecule has 0 radical (unpaired) electrons. The number of nitrogens with zero attached hydrogens (tertiary/aromatic N) is 1. The number of benzene rings is 2. The zero-order chi connectivity index (χ0) is 20.3. The molecule has 1 N–H and O–H groups in total. The number of carbonyl (C=O) groups excluding carboxylic acids is 1. The molecule has 0 spiro atoms. The fraction of sp³-hybridized carbons (Fsp3) is 0.350. The summed E-state index contributed by atoms with van der Waals surface area (Å²) >= 11 is 0. The fourth-order valence-electron chi connectivity index (χ4n) is 2.77. The molecule has 0 bridgehead atoms. The second kappa shape index (κ2) is 7.75. The van der Waals surface area contributed by atoms with E-state index in [0.717, 1.165) is 17.7 Å². The van der Waals surface area contributed by atoms with Crippen molar-refractivity contribution in [2.24, 2.45) is 0 Å². The van der Waals surface area contributed by atoms with Crippen molar-refractivity contribution in [1.82, 2.24) is 5.32 Å². The number of fused-ring (bicyclic) bond motifs is 1. The van der Waals surface area contributed by atoms with E-state index in [1.807, 2.05) is 12.1 Å². The topological polar surface area (TPSA) is 99.9 Å². The maximum atomic E-state index is 11.8. The molecular weight excluding hydrogens is 364 g/mol. The molecule has 0 aromatic heterocycles. The summed E-state index contributed by atoms with van der Waals surface area (Å²) in [4.78, 5) is 22.6. The molecule has 2 aromatic carbocycles. The number of alkyl carbamates (subject to hydrolysis) is 1. The van der Waals surface area contributed by atoms with E-state index in [2.05, 4.69) is 5.32 Å². The summed E-state index contributed by atoms with van der Waals surface area (Å²) in [5, 5.41) is 13.8. The third-order valence-electron chi connectivity index (χ3n) is 3.97. The van der Waals surface area contributed by atoms with Crippen LogP contribution in [0.2, 0.25) is 0 Å². The van der Waals surface area contributed by atoms with E-state index in [9.17, 15) is 14.9 Å². The molecular formula is C20H22N2O6. The highest BCUT2D eigenvalue weighted by atomic mass is 16.6. The lowest BCUT2D eigenvalue weighted by atomic mass is 10.1. The molecule has 1 aliphatic rings. The van der Waals surface area contributed by atoms with E-state index in [-0.39, 0.29) is 12.2 Å². The van der Waals surface area contributed by atoms with E-state index < -0.39 is 16.6 Å². The van der Waals surface area contributed by atoms with Crippen molar-refractivity contribution in [3.8, 4) is 17.2 Å². The number of ether oxygens (including phenoxy) is 3. The first-order chi connectivity index (χ1) is 13.2. The van der Waals surface area contributed by atoms with Crippen molar-refractivity contribution in [1.29, 1.82) is 0 Å². The van der Waals surface area contributed by atoms with Crippen molar-refractivity contribution in [2.45, 2.75) is 39.3 Å². The lowest BCUT2D eigenvalue weighted by molar-refractivity contribution is -0.385. The Labute approximate surface area is 162 Å². The van der Waals surface area contributed by atoms with Gasteiger partial charge in [0.2, 0.25) is 0 Å². The van der Waals surface area contributed by atoms with Gasteiger partial charge in [-0.25, -0.2) is 4.79 Å². The average Bonchev–Trinajstić information content (AvgIpc) is 3.06. The molecule has 1 aliphatic heterocycles. The van der Waals surface area contributed by atoms with Gasteiger partial charge in [0, 0.05) is 18.6 Å². The number of hydrogen-bond donors (Lipinski definition) is 1. The molecule has 148 valence electrons. The lowest BCUT2D eigenvalue weighted by Gasteiger charge is -2.19. The van der Waals surface area contributed by atoms with Gasteiger partial charge in [-0.3, -0.25) is 10.1 Å². The standard InChI is InChI=1S/C20H22N2O6/c1-20(2,3)28-19(23)21-12-14-10-15(6-7-17(14)22(24)25)27-16-5-4-13-8-9-26-18(13)11-16/h4-7,10-11H,8-9,12H2,1-3H3,(H,21,23).